The average molecular weight is 318 g/mol. The minimum Gasteiger partial charge on any atom is -0.480 e. The van der Waals surface area contributed by atoms with Gasteiger partial charge in [0.1, 0.15) is 6.04 Å². The number of hydrogen-bond acceptors (Lipinski definition) is 3. The number of ether oxygens (including phenoxy) is 1. The fourth-order valence-corrected chi connectivity index (χ4v) is 2.16. The van der Waals surface area contributed by atoms with Crippen LogP contribution in [0.5, 0.6) is 0 Å². The van der Waals surface area contributed by atoms with Gasteiger partial charge in [0, 0.05) is 30.9 Å². The Balaban J connectivity index is 2.01. The van der Waals surface area contributed by atoms with Gasteiger partial charge in [0.15, 0.2) is 0 Å². The van der Waals surface area contributed by atoms with E-state index in [1.165, 1.54) is 0 Å². The minimum atomic E-state index is -1.07. The molecule has 124 valence electrons. The fraction of sp³-hybridized carbons (Fsp3) is 0.412. The number of carbonyl (C=O) groups is 2. The van der Waals surface area contributed by atoms with E-state index in [4.69, 9.17) is 4.74 Å². The topological polar surface area (TPSA) is 80.0 Å². The van der Waals surface area contributed by atoms with E-state index in [0.717, 1.165) is 5.52 Å². The van der Waals surface area contributed by atoms with Crippen molar-refractivity contribution in [1.82, 2.24) is 9.72 Å². The summed E-state index contributed by atoms with van der Waals surface area (Å²) >= 11 is 0. The van der Waals surface area contributed by atoms with Gasteiger partial charge in [-0.05, 0) is 39.0 Å². The van der Waals surface area contributed by atoms with Crippen LogP contribution in [-0.4, -0.2) is 39.6 Å². The predicted octanol–water partition coefficient (Wildman–Crippen LogP) is 2.33. The first-order valence-corrected chi connectivity index (χ1v) is 7.50. The third-order valence-electron chi connectivity index (χ3n) is 3.31. The molecular formula is C17H22N2O4. The van der Waals surface area contributed by atoms with E-state index in [0.29, 0.717) is 5.56 Å². The summed E-state index contributed by atoms with van der Waals surface area (Å²) in [5, 5.41) is 11.8. The first-order chi connectivity index (χ1) is 10.8. The average Bonchev–Trinajstić information content (AvgIpc) is 2.88. The predicted molar refractivity (Wildman–Crippen MR) is 86.6 cm³/mol. The Kier molecular flexibility index (Phi) is 5.05. The minimum absolute atomic E-state index is 0.214. The van der Waals surface area contributed by atoms with Gasteiger partial charge in [-0.3, -0.25) is 4.79 Å². The molecule has 2 aromatic rings. The SMILES string of the molecule is CC(C)(C)OCCC(NC(=O)c1cc2ccccn2c1)C(=O)O. The van der Waals surface area contributed by atoms with Crippen molar-refractivity contribution in [1.29, 1.82) is 0 Å². The number of fused-ring (bicyclic) bond motifs is 1. The molecule has 2 rings (SSSR count). The highest BCUT2D eigenvalue weighted by Gasteiger charge is 2.22. The summed E-state index contributed by atoms with van der Waals surface area (Å²) in [5.41, 5.74) is 0.965. The second kappa shape index (κ2) is 6.83. The molecule has 0 aliphatic carbocycles. The third kappa shape index (κ3) is 4.82. The number of nitrogens with one attached hydrogen (secondary N) is 1. The molecule has 0 radical (unpaired) electrons. The fourth-order valence-electron chi connectivity index (χ4n) is 2.16. The van der Waals surface area contributed by atoms with Crippen LogP contribution in [0, 0.1) is 0 Å². The monoisotopic (exact) mass is 318 g/mol. The number of rotatable bonds is 6. The molecule has 1 unspecified atom stereocenters. The normalized spacial score (nSPS) is 13.0. The molecule has 0 aromatic carbocycles. The van der Waals surface area contributed by atoms with E-state index in [1.807, 2.05) is 49.6 Å². The van der Waals surface area contributed by atoms with Crippen molar-refractivity contribution >= 4 is 17.4 Å². The van der Waals surface area contributed by atoms with Crippen LogP contribution >= 0.6 is 0 Å². The first kappa shape index (κ1) is 17.0. The zero-order valence-corrected chi connectivity index (χ0v) is 13.6. The van der Waals surface area contributed by atoms with Gasteiger partial charge >= 0.3 is 5.97 Å². The molecule has 2 heterocycles. The highest BCUT2D eigenvalue weighted by molar-refractivity contribution is 5.97. The molecule has 1 amide bonds. The van der Waals surface area contributed by atoms with Crippen molar-refractivity contribution in [3.8, 4) is 0 Å². The maximum absolute atomic E-state index is 12.3. The van der Waals surface area contributed by atoms with Crippen molar-refractivity contribution in [2.45, 2.75) is 38.8 Å². The largest absolute Gasteiger partial charge is 0.480 e. The molecule has 2 aromatic heterocycles. The Labute approximate surface area is 135 Å². The van der Waals surface area contributed by atoms with E-state index in [9.17, 15) is 14.7 Å². The number of amides is 1. The molecule has 0 aliphatic heterocycles. The van der Waals surface area contributed by atoms with Crippen LogP contribution in [0.2, 0.25) is 0 Å². The number of carbonyl (C=O) groups excluding carboxylic acids is 1. The highest BCUT2D eigenvalue weighted by Crippen LogP contribution is 2.11. The number of hydrogen-bond donors (Lipinski definition) is 2. The van der Waals surface area contributed by atoms with E-state index in [2.05, 4.69) is 5.32 Å². The number of aliphatic carboxylic acids is 1. The van der Waals surface area contributed by atoms with Crippen molar-refractivity contribution in [2.75, 3.05) is 6.61 Å². The Hall–Kier alpha value is -2.34. The lowest BCUT2D eigenvalue weighted by molar-refractivity contribution is -0.140. The highest BCUT2D eigenvalue weighted by atomic mass is 16.5. The smallest absolute Gasteiger partial charge is 0.326 e. The second-order valence-corrected chi connectivity index (χ2v) is 6.38. The molecule has 0 aliphatic rings. The van der Waals surface area contributed by atoms with Crippen LogP contribution in [-0.2, 0) is 9.53 Å². The Morgan fingerprint density at radius 2 is 2.09 bits per heavy atom. The van der Waals surface area contributed by atoms with Crippen LogP contribution < -0.4 is 5.32 Å². The van der Waals surface area contributed by atoms with Crippen LogP contribution in [0.4, 0.5) is 0 Å². The molecule has 6 heteroatoms. The zero-order chi connectivity index (χ0) is 17.0. The van der Waals surface area contributed by atoms with Crippen molar-refractivity contribution in [3.05, 3.63) is 42.2 Å². The van der Waals surface area contributed by atoms with Crippen molar-refractivity contribution < 1.29 is 19.4 Å². The lowest BCUT2D eigenvalue weighted by Gasteiger charge is -2.21. The molecule has 0 saturated carbocycles. The van der Waals surface area contributed by atoms with E-state index in [1.54, 1.807) is 12.3 Å². The van der Waals surface area contributed by atoms with Gasteiger partial charge in [0.25, 0.3) is 5.91 Å². The number of aromatic nitrogens is 1. The lowest BCUT2D eigenvalue weighted by Crippen LogP contribution is -2.41. The van der Waals surface area contributed by atoms with E-state index >= 15 is 0 Å². The van der Waals surface area contributed by atoms with Gasteiger partial charge in [0.2, 0.25) is 0 Å². The summed E-state index contributed by atoms with van der Waals surface area (Å²) in [5.74, 6) is -1.48. The lowest BCUT2D eigenvalue weighted by atomic mass is 10.1. The van der Waals surface area contributed by atoms with Crippen molar-refractivity contribution in [3.63, 3.8) is 0 Å². The molecular weight excluding hydrogens is 296 g/mol. The summed E-state index contributed by atoms with van der Waals surface area (Å²) in [6, 6.07) is 6.36. The van der Waals surface area contributed by atoms with Crippen molar-refractivity contribution in [2.24, 2.45) is 0 Å². The van der Waals surface area contributed by atoms with Crippen LogP contribution in [0.15, 0.2) is 36.7 Å². The van der Waals surface area contributed by atoms with Gasteiger partial charge in [-0.1, -0.05) is 6.07 Å². The summed E-state index contributed by atoms with van der Waals surface area (Å²) in [7, 11) is 0. The van der Waals surface area contributed by atoms with Gasteiger partial charge in [-0.15, -0.1) is 0 Å². The Bertz CT molecular complexity index is 667. The molecule has 0 spiro atoms. The maximum Gasteiger partial charge on any atom is 0.326 e. The molecule has 0 fully saturated rings. The number of carboxylic acid groups (broad SMARTS) is 1. The second-order valence-electron chi connectivity index (χ2n) is 6.38. The van der Waals surface area contributed by atoms with E-state index in [-0.39, 0.29) is 18.6 Å². The molecule has 6 nitrogen and oxygen atoms in total. The summed E-state index contributed by atoms with van der Waals surface area (Å²) < 4.78 is 7.34. The van der Waals surface area contributed by atoms with Crippen LogP contribution in [0.25, 0.3) is 5.52 Å². The van der Waals surface area contributed by atoms with Gasteiger partial charge in [-0.2, -0.15) is 0 Å². The molecule has 2 N–H and O–H groups in total. The standard InChI is InChI=1S/C17H22N2O4/c1-17(2,3)23-9-7-14(16(21)22)18-15(20)12-10-13-6-4-5-8-19(13)11-12/h4-6,8,10-11,14H,7,9H2,1-3H3,(H,18,20)(H,21,22). The molecule has 23 heavy (non-hydrogen) atoms. The van der Waals surface area contributed by atoms with Gasteiger partial charge in [-0.25, -0.2) is 4.79 Å². The maximum atomic E-state index is 12.3. The van der Waals surface area contributed by atoms with Crippen LogP contribution in [0.1, 0.15) is 37.6 Å². The number of carboxylic acids is 1. The Morgan fingerprint density at radius 1 is 1.35 bits per heavy atom. The third-order valence-corrected chi connectivity index (χ3v) is 3.31. The Morgan fingerprint density at radius 3 is 2.70 bits per heavy atom. The molecule has 1 atom stereocenters. The van der Waals surface area contributed by atoms with E-state index < -0.39 is 17.9 Å². The molecule has 0 saturated heterocycles. The number of nitrogens with zero attached hydrogens (tertiary/aromatic N) is 1. The first-order valence-electron chi connectivity index (χ1n) is 7.50. The summed E-state index contributed by atoms with van der Waals surface area (Å²) in [4.78, 5) is 23.6. The van der Waals surface area contributed by atoms with Crippen LogP contribution in [0.3, 0.4) is 0 Å². The number of pyridine rings is 1. The summed E-state index contributed by atoms with van der Waals surface area (Å²) in [6.45, 7) is 5.95. The quantitative estimate of drug-likeness (QED) is 0.856. The van der Waals surface area contributed by atoms with Gasteiger partial charge < -0.3 is 19.6 Å². The van der Waals surface area contributed by atoms with Gasteiger partial charge in [0.05, 0.1) is 11.2 Å². The molecule has 0 bridgehead atoms. The zero-order valence-electron chi connectivity index (χ0n) is 13.6. The summed E-state index contributed by atoms with van der Waals surface area (Å²) in [6.07, 6.45) is 3.72.